The predicted octanol–water partition coefficient (Wildman–Crippen LogP) is 2.77. The zero-order valence-corrected chi connectivity index (χ0v) is 13.4. The molecule has 1 heterocycles. The van der Waals surface area contributed by atoms with Gasteiger partial charge in [0.2, 0.25) is 0 Å². The van der Waals surface area contributed by atoms with Gasteiger partial charge >= 0.3 is 0 Å². The number of nitrogens with zero attached hydrogens (tertiary/aromatic N) is 1. The van der Waals surface area contributed by atoms with Gasteiger partial charge in [0.1, 0.15) is 0 Å². The van der Waals surface area contributed by atoms with E-state index in [-0.39, 0.29) is 15.7 Å². The van der Waals surface area contributed by atoms with Gasteiger partial charge in [-0.25, -0.2) is 18.1 Å². The van der Waals surface area contributed by atoms with Crippen LogP contribution in [0.25, 0.3) is 0 Å². The standard InChI is InChI=1S/C11H19ClN2O2S2/c1-8-13-7-10(17-8)18(15,16)14-9(5-6-12)11(2,3)4/h7,9,14H,5-6H2,1-4H3. The van der Waals surface area contributed by atoms with Crippen molar-refractivity contribution in [2.24, 2.45) is 5.41 Å². The SMILES string of the molecule is Cc1ncc(S(=O)(=O)NC(CCCl)C(C)(C)C)s1. The molecule has 1 N–H and O–H groups in total. The van der Waals surface area contributed by atoms with Crippen molar-refractivity contribution in [1.82, 2.24) is 9.71 Å². The van der Waals surface area contributed by atoms with Crippen LogP contribution in [0.3, 0.4) is 0 Å². The van der Waals surface area contributed by atoms with Gasteiger partial charge in [-0.2, -0.15) is 0 Å². The Kier molecular flexibility index (Phi) is 5.17. The number of thiazole rings is 1. The molecule has 0 aromatic carbocycles. The number of hydrogen-bond acceptors (Lipinski definition) is 4. The summed E-state index contributed by atoms with van der Waals surface area (Å²) in [6.07, 6.45) is 1.99. The molecule has 18 heavy (non-hydrogen) atoms. The molecule has 0 aliphatic rings. The maximum absolute atomic E-state index is 12.2. The number of hydrogen-bond donors (Lipinski definition) is 1. The van der Waals surface area contributed by atoms with Crippen LogP contribution in [0, 0.1) is 12.3 Å². The van der Waals surface area contributed by atoms with Crippen LogP contribution in [-0.2, 0) is 10.0 Å². The molecule has 0 radical (unpaired) electrons. The van der Waals surface area contributed by atoms with Crippen LogP contribution in [0.15, 0.2) is 10.4 Å². The second-order valence-corrected chi connectivity index (χ2v) is 8.77. The van der Waals surface area contributed by atoms with Crippen molar-refractivity contribution >= 4 is 33.0 Å². The topological polar surface area (TPSA) is 59.1 Å². The van der Waals surface area contributed by atoms with E-state index >= 15 is 0 Å². The van der Waals surface area contributed by atoms with E-state index in [0.29, 0.717) is 12.3 Å². The lowest BCUT2D eigenvalue weighted by Gasteiger charge is -2.30. The van der Waals surface area contributed by atoms with E-state index in [2.05, 4.69) is 9.71 Å². The van der Waals surface area contributed by atoms with Crippen molar-refractivity contribution in [3.05, 3.63) is 11.2 Å². The van der Waals surface area contributed by atoms with Gasteiger partial charge < -0.3 is 0 Å². The number of alkyl halides is 1. The molecule has 104 valence electrons. The highest BCUT2D eigenvalue weighted by molar-refractivity contribution is 7.91. The summed E-state index contributed by atoms with van der Waals surface area (Å²) < 4.78 is 27.4. The lowest BCUT2D eigenvalue weighted by atomic mass is 9.86. The van der Waals surface area contributed by atoms with E-state index in [9.17, 15) is 8.42 Å². The van der Waals surface area contributed by atoms with Crippen LogP contribution in [0.4, 0.5) is 0 Å². The average molecular weight is 311 g/mol. The van der Waals surface area contributed by atoms with Crippen LogP contribution in [-0.4, -0.2) is 25.3 Å². The lowest BCUT2D eigenvalue weighted by molar-refractivity contribution is 0.293. The van der Waals surface area contributed by atoms with Crippen LogP contribution < -0.4 is 4.72 Å². The maximum atomic E-state index is 12.2. The highest BCUT2D eigenvalue weighted by Gasteiger charge is 2.29. The van der Waals surface area contributed by atoms with E-state index < -0.39 is 10.0 Å². The number of sulfonamides is 1. The molecule has 1 rings (SSSR count). The molecule has 0 fully saturated rings. The summed E-state index contributed by atoms with van der Waals surface area (Å²) in [5.74, 6) is 0.423. The van der Waals surface area contributed by atoms with E-state index in [1.54, 1.807) is 6.92 Å². The summed E-state index contributed by atoms with van der Waals surface area (Å²) in [6, 6.07) is -0.192. The molecule has 1 aromatic heterocycles. The third-order valence-corrected chi connectivity index (χ3v) is 5.67. The number of nitrogens with one attached hydrogen (secondary N) is 1. The molecular formula is C11H19ClN2O2S2. The van der Waals surface area contributed by atoms with Crippen LogP contribution in [0.2, 0.25) is 0 Å². The summed E-state index contributed by atoms with van der Waals surface area (Å²) in [5, 5.41) is 0.736. The first-order valence-corrected chi connectivity index (χ1v) is 8.51. The van der Waals surface area contributed by atoms with Crippen LogP contribution in [0.1, 0.15) is 32.2 Å². The summed E-state index contributed by atoms with van der Waals surface area (Å²) in [5.41, 5.74) is -0.179. The second-order valence-electron chi connectivity index (χ2n) is 5.22. The molecule has 0 saturated heterocycles. The molecule has 0 amide bonds. The normalized spacial score (nSPS) is 14.7. The summed E-state index contributed by atoms with van der Waals surface area (Å²) in [4.78, 5) is 3.97. The van der Waals surface area contributed by atoms with Gasteiger partial charge in [-0.3, -0.25) is 0 Å². The molecule has 1 unspecified atom stereocenters. The van der Waals surface area contributed by atoms with Crippen molar-refractivity contribution in [2.75, 3.05) is 5.88 Å². The lowest BCUT2D eigenvalue weighted by Crippen LogP contribution is -2.43. The molecule has 1 aromatic rings. The summed E-state index contributed by atoms with van der Waals surface area (Å²) >= 11 is 6.91. The minimum atomic E-state index is -3.50. The Morgan fingerprint density at radius 3 is 2.50 bits per heavy atom. The molecule has 0 saturated carbocycles. The Bertz CT molecular complexity index is 491. The molecule has 1 atom stereocenters. The number of aryl methyl sites for hydroxylation is 1. The smallest absolute Gasteiger partial charge is 0.249 e. The zero-order chi connectivity index (χ0) is 14.0. The fraction of sp³-hybridized carbons (Fsp3) is 0.727. The minimum Gasteiger partial charge on any atom is -0.249 e. The van der Waals surface area contributed by atoms with Crippen LogP contribution in [0.5, 0.6) is 0 Å². The number of halogens is 1. The Morgan fingerprint density at radius 1 is 1.50 bits per heavy atom. The average Bonchev–Trinajstić information content (AvgIpc) is 2.63. The van der Waals surface area contributed by atoms with E-state index in [1.807, 2.05) is 20.8 Å². The first-order valence-electron chi connectivity index (χ1n) is 5.67. The third-order valence-electron chi connectivity index (χ3n) is 2.61. The summed E-state index contributed by atoms with van der Waals surface area (Å²) in [7, 11) is -3.50. The van der Waals surface area contributed by atoms with Gasteiger partial charge in [-0.05, 0) is 18.8 Å². The molecule has 0 spiro atoms. The van der Waals surface area contributed by atoms with Gasteiger partial charge in [0.05, 0.1) is 11.2 Å². The molecular weight excluding hydrogens is 292 g/mol. The monoisotopic (exact) mass is 310 g/mol. The van der Waals surface area contributed by atoms with Crippen molar-refractivity contribution in [3.8, 4) is 0 Å². The van der Waals surface area contributed by atoms with Gasteiger partial charge in [-0.1, -0.05) is 20.8 Å². The fourth-order valence-corrected chi connectivity index (χ4v) is 4.31. The molecule has 7 heteroatoms. The summed E-state index contributed by atoms with van der Waals surface area (Å²) in [6.45, 7) is 7.75. The third kappa shape index (κ3) is 4.19. The van der Waals surface area contributed by atoms with Gasteiger partial charge in [0, 0.05) is 11.9 Å². The predicted molar refractivity (Wildman–Crippen MR) is 75.8 cm³/mol. The zero-order valence-electron chi connectivity index (χ0n) is 11.0. The van der Waals surface area contributed by atoms with E-state index in [4.69, 9.17) is 11.6 Å². The van der Waals surface area contributed by atoms with Gasteiger partial charge in [-0.15, -0.1) is 22.9 Å². The quantitative estimate of drug-likeness (QED) is 0.851. The maximum Gasteiger partial charge on any atom is 0.251 e. The van der Waals surface area contributed by atoms with Crippen molar-refractivity contribution in [2.45, 2.75) is 44.4 Å². The largest absolute Gasteiger partial charge is 0.251 e. The Labute approximate surface area is 118 Å². The number of rotatable bonds is 5. The molecule has 0 aliphatic carbocycles. The Hall–Kier alpha value is -0.170. The molecule has 4 nitrogen and oxygen atoms in total. The fourth-order valence-electron chi connectivity index (χ4n) is 1.49. The highest BCUT2D eigenvalue weighted by atomic mass is 35.5. The van der Waals surface area contributed by atoms with Gasteiger partial charge in [0.15, 0.2) is 4.21 Å². The minimum absolute atomic E-state index is 0.179. The molecule has 0 bridgehead atoms. The molecule has 0 aliphatic heterocycles. The van der Waals surface area contributed by atoms with Crippen molar-refractivity contribution in [1.29, 1.82) is 0 Å². The first kappa shape index (κ1) is 15.9. The highest BCUT2D eigenvalue weighted by Crippen LogP contribution is 2.25. The Balaban J connectivity index is 2.93. The Morgan fingerprint density at radius 2 is 2.11 bits per heavy atom. The van der Waals surface area contributed by atoms with Crippen molar-refractivity contribution < 1.29 is 8.42 Å². The first-order chi connectivity index (χ1) is 8.16. The van der Waals surface area contributed by atoms with E-state index in [1.165, 1.54) is 17.5 Å². The van der Waals surface area contributed by atoms with E-state index in [0.717, 1.165) is 5.01 Å². The second kappa shape index (κ2) is 5.86. The number of aromatic nitrogens is 1. The van der Waals surface area contributed by atoms with Crippen LogP contribution >= 0.6 is 22.9 Å². The van der Waals surface area contributed by atoms with Gasteiger partial charge in [0.25, 0.3) is 10.0 Å². The van der Waals surface area contributed by atoms with Crippen molar-refractivity contribution in [3.63, 3.8) is 0 Å².